The van der Waals surface area contributed by atoms with Gasteiger partial charge in [0.1, 0.15) is 5.75 Å². The molecule has 0 unspecified atom stereocenters. The molecule has 0 spiro atoms. The summed E-state index contributed by atoms with van der Waals surface area (Å²) in [5.74, 6) is 0.195. The van der Waals surface area contributed by atoms with Crippen molar-refractivity contribution in [1.82, 2.24) is 9.78 Å². The Balaban J connectivity index is 1.41. The van der Waals surface area contributed by atoms with E-state index in [1.165, 1.54) is 0 Å². The molecule has 2 N–H and O–H groups in total. The van der Waals surface area contributed by atoms with Crippen LogP contribution in [0, 0.1) is 6.92 Å². The van der Waals surface area contributed by atoms with Gasteiger partial charge in [0.15, 0.2) is 0 Å². The zero-order valence-electron chi connectivity index (χ0n) is 17.0. The number of hydrogen-bond donors (Lipinski definition) is 2. The van der Waals surface area contributed by atoms with Gasteiger partial charge in [0.05, 0.1) is 22.6 Å². The molecular weight excluding hydrogens is 412 g/mol. The standard InChI is InChI=1S/C23H20N4O3S/c1-15-14-18(30-2)8-9-19(15)26-23(29)21-11-10-20(31-21)22(28)25-16-4-6-17(7-5-16)27-13-3-12-24-27/h3-14H,1-2H3,(H,25,28)(H,26,29). The average molecular weight is 433 g/mol. The molecule has 4 aromatic rings. The van der Waals surface area contributed by atoms with E-state index in [0.717, 1.165) is 28.3 Å². The van der Waals surface area contributed by atoms with Crippen molar-refractivity contribution in [2.24, 2.45) is 0 Å². The number of carbonyl (C=O) groups excluding carboxylic acids is 2. The van der Waals surface area contributed by atoms with Crippen LogP contribution in [0.1, 0.15) is 24.9 Å². The minimum Gasteiger partial charge on any atom is -0.497 e. The number of aryl methyl sites for hydroxylation is 1. The lowest BCUT2D eigenvalue weighted by Crippen LogP contribution is -2.12. The second kappa shape index (κ2) is 8.85. The van der Waals surface area contributed by atoms with Crippen LogP contribution >= 0.6 is 11.3 Å². The van der Waals surface area contributed by atoms with Crippen molar-refractivity contribution in [2.75, 3.05) is 17.7 Å². The summed E-state index contributed by atoms with van der Waals surface area (Å²) in [6, 6.07) is 17.9. The van der Waals surface area contributed by atoms with Crippen LogP contribution in [0.15, 0.2) is 73.1 Å². The summed E-state index contributed by atoms with van der Waals surface area (Å²) < 4.78 is 6.92. The van der Waals surface area contributed by atoms with Gasteiger partial charge in [-0.1, -0.05) is 0 Å². The lowest BCUT2D eigenvalue weighted by Gasteiger charge is -2.09. The van der Waals surface area contributed by atoms with Crippen molar-refractivity contribution in [3.63, 3.8) is 0 Å². The van der Waals surface area contributed by atoms with E-state index in [1.807, 2.05) is 49.5 Å². The van der Waals surface area contributed by atoms with E-state index in [2.05, 4.69) is 15.7 Å². The fraction of sp³-hybridized carbons (Fsp3) is 0.0870. The zero-order chi connectivity index (χ0) is 21.8. The minimum absolute atomic E-state index is 0.263. The van der Waals surface area contributed by atoms with Crippen molar-refractivity contribution >= 4 is 34.5 Å². The molecule has 2 aromatic carbocycles. The number of amides is 2. The van der Waals surface area contributed by atoms with Crippen LogP contribution in [0.2, 0.25) is 0 Å². The molecule has 8 heteroatoms. The molecule has 0 bridgehead atoms. The van der Waals surface area contributed by atoms with Gasteiger partial charge in [-0.05, 0) is 73.2 Å². The highest BCUT2D eigenvalue weighted by Gasteiger charge is 2.15. The summed E-state index contributed by atoms with van der Waals surface area (Å²) in [6.45, 7) is 1.89. The third-order valence-corrected chi connectivity index (χ3v) is 5.71. The van der Waals surface area contributed by atoms with Crippen LogP contribution in [-0.2, 0) is 0 Å². The third-order valence-electron chi connectivity index (χ3n) is 4.63. The number of aromatic nitrogens is 2. The molecule has 0 aliphatic carbocycles. The molecule has 0 radical (unpaired) electrons. The van der Waals surface area contributed by atoms with Crippen molar-refractivity contribution in [2.45, 2.75) is 6.92 Å². The van der Waals surface area contributed by atoms with E-state index >= 15 is 0 Å². The fourth-order valence-electron chi connectivity index (χ4n) is 2.98. The number of nitrogens with one attached hydrogen (secondary N) is 2. The summed E-state index contributed by atoms with van der Waals surface area (Å²) in [4.78, 5) is 26.1. The number of thiophene rings is 1. The second-order valence-electron chi connectivity index (χ2n) is 6.75. The van der Waals surface area contributed by atoms with Crippen molar-refractivity contribution in [3.05, 3.63) is 88.4 Å². The smallest absolute Gasteiger partial charge is 0.265 e. The fourth-order valence-corrected chi connectivity index (χ4v) is 3.78. The first-order chi connectivity index (χ1) is 15.0. The maximum Gasteiger partial charge on any atom is 0.265 e. The molecule has 0 aliphatic rings. The predicted molar refractivity (Wildman–Crippen MR) is 122 cm³/mol. The van der Waals surface area contributed by atoms with E-state index in [1.54, 1.807) is 42.3 Å². The number of methoxy groups -OCH3 is 1. The topological polar surface area (TPSA) is 85.2 Å². The van der Waals surface area contributed by atoms with Gasteiger partial charge in [-0.3, -0.25) is 9.59 Å². The zero-order valence-corrected chi connectivity index (χ0v) is 17.8. The molecule has 0 saturated heterocycles. The first-order valence-corrected chi connectivity index (χ1v) is 10.3. The van der Waals surface area contributed by atoms with Gasteiger partial charge in [-0.15, -0.1) is 11.3 Å². The van der Waals surface area contributed by atoms with Gasteiger partial charge < -0.3 is 15.4 Å². The Morgan fingerprint density at radius 1 is 0.968 bits per heavy atom. The van der Waals surface area contributed by atoms with E-state index in [0.29, 0.717) is 21.1 Å². The van der Waals surface area contributed by atoms with E-state index < -0.39 is 0 Å². The van der Waals surface area contributed by atoms with Crippen LogP contribution in [0.4, 0.5) is 11.4 Å². The van der Waals surface area contributed by atoms with Crippen molar-refractivity contribution in [1.29, 1.82) is 0 Å². The lowest BCUT2D eigenvalue weighted by molar-refractivity contribution is 0.102. The molecule has 2 aromatic heterocycles. The maximum atomic E-state index is 12.6. The summed E-state index contributed by atoms with van der Waals surface area (Å²) in [5, 5.41) is 9.90. The molecular formula is C23H20N4O3S. The van der Waals surface area contributed by atoms with Crippen LogP contribution in [0.25, 0.3) is 5.69 Å². The number of anilines is 2. The molecule has 2 heterocycles. The maximum absolute atomic E-state index is 12.6. The first-order valence-electron chi connectivity index (χ1n) is 9.51. The molecule has 7 nitrogen and oxygen atoms in total. The van der Waals surface area contributed by atoms with Gasteiger partial charge in [-0.2, -0.15) is 5.10 Å². The van der Waals surface area contributed by atoms with Crippen LogP contribution in [-0.4, -0.2) is 28.7 Å². The number of hydrogen-bond acceptors (Lipinski definition) is 5. The lowest BCUT2D eigenvalue weighted by atomic mass is 10.2. The van der Waals surface area contributed by atoms with Crippen molar-refractivity contribution in [3.8, 4) is 11.4 Å². The highest BCUT2D eigenvalue weighted by atomic mass is 32.1. The first kappa shape index (κ1) is 20.4. The van der Waals surface area contributed by atoms with Gasteiger partial charge >= 0.3 is 0 Å². The average Bonchev–Trinajstić information content (AvgIpc) is 3.48. The van der Waals surface area contributed by atoms with Gasteiger partial charge in [-0.25, -0.2) is 4.68 Å². The summed E-state index contributed by atoms with van der Waals surface area (Å²) >= 11 is 1.14. The predicted octanol–water partition coefficient (Wildman–Crippen LogP) is 4.76. The molecule has 156 valence electrons. The molecule has 0 saturated carbocycles. The summed E-state index contributed by atoms with van der Waals surface area (Å²) in [6.07, 6.45) is 3.55. The molecule has 0 aliphatic heterocycles. The SMILES string of the molecule is COc1ccc(NC(=O)c2ccc(C(=O)Nc3ccc(-n4cccn4)cc3)s2)c(C)c1. The Bertz CT molecular complexity index is 1210. The minimum atomic E-state index is -0.267. The summed E-state index contributed by atoms with van der Waals surface area (Å²) in [7, 11) is 1.60. The van der Waals surface area contributed by atoms with Gasteiger partial charge in [0.25, 0.3) is 11.8 Å². The number of nitrogens with zero attached hydrogens (tertiary/aromatic N) is 2. The Morgan fingerprint density at radius 2 is 1.68 bits per heavy atom. The Hall–Kier alpha value is -3.91. The van der Waals surface area contributed by atoms with Crippen LogP contribution in [0.3, 0.4) is 0 Å². The normalized spacial score (nSPS) is 10.5. The van der Waals surface area contributed by atoms with Crippen LogP contribution in [0.5, 0.6) is 5.75 Å². The Morgan fingerprint density at radius 3 is 2.29 bits per heavy atom. The van der Waals surface area contributed by atoms with Gasteiger partial charge in [0, 0.05) is 23.8 Å². The third kappa shape index (κ3) is 4.65. The van der Waals surface area contributed by atoms with E-state index in [4.69, 9.17) is 4.74 Å². The highest BCUT2D eigenvalue weighted by molar-refractivity contribution is 7.16. The largest absolute Gasteiger partial charge is 0.497 e. The highest BCUT2D eigenvalue weighted by Crippen LogP contribution is 2.24. The number of rotatable bonds is 6. The Labute approximate surface area is 183 Å². The van der Waals surface area contributed by atoms with E-state index in [-0.39, 0.29) is 11.8 Å². The number of carbonyl (C=O) groups is 2. The number of benzene rings is 2. The molecule has 2 amide bonds. The molecule has 4 rings (SSSR count). The van der Waals surface area contributed by atoms with Gasteiger partial charge in [0.2, 0.25) is 0 Å². The quantitative estimate of drug-likeness (QED) is 0.460. The molecule has 0 atom stereocenters. The monoisotopic (exact) mass is 432 g/mol. The molecule has 0 fully saturated rings. The Kier molecular flexibility index (Phi) is 5.81. The molecule has 31 heavy (non-hydrogen) atoms. The number of ether oxygens (including phenoxy) is 1. The summed E-state index contributed by atoms with van der Waals surface area (Å²) in [5.41, 5.74) is 3.14. The van der Waals surface area contributed by atoms with E-state index in [9.17, 15) is 9.59 Å². The second-order valence-corrected chi connectivity index (χ2v) is 7.83. The van der Waals surface area contributed by atoms with Crippen molar-refractivity contribution < 1.29 is 14.3 Å². The van der Waals surface area contributed by atoms with Crippen LogP contribution < -0.4 is 15.4 Å².